The summed E-state index contributed by atoms with van der Waals surface area (Å²) >= 11 is 0. The number of phosphoric acid groups is 3. The molecule has 1 fully saturated rings. The third-order valence-electron chi connectivity index (χ3n) is 5.90. The van der Waals surface area contributed by atoms with Crippen molar-refractivity contribution in [2.24, 2.45) is 0 Å². The summed E-state index contributed by atoms with van der Waals surface area (Å²) in [6.07, 6.45) is -5.86. The molecule has 0 spiro atoms. The Morgan fingerprint density at radius 1 is 0.810 bits per heavy atom. The van der Waals surface area contributed by atoms with Crippen LogP contribution >= 0.6 is 23.5 Å². The van der Waals surface area contributed by atoms with Crippen molar-refractivity contribution in [2.45, 2.75) is 31.1 Å². The second-order valence-electron chi connectivity index (χ2n) is 8.93. The largest absolute Gasteiger partial charge is 0.490 e. The van der Waals surface area contributed by atoms with Gasteiger partial charge < -0.3 is 34.5 Å². The summed E-state index contributed by atoms with van der Waals surface area (Å²) in [7, 11) is -16.9. The molecule has 1 aliphatic heterocycles. The molecule has 0 bridgehead atoms. The Morgan fingerprint density at radius 3 is 2.14 bits per heavy atom. The molecule has 4 rings (SSSR count). The molecule has 1 saturated heterocycles. The SMILES string of the molecule is O=c1ccn([C@@H]2O[C@H](COP(=O)(O)OP(=O)(O)OP(=O)(O)O)C(O)C2O)c(=O)n1Cc1cccc(-c2ccccc2)c1. The number of aromatic nitrogens is 2. The molecule has 2 aromatic carbocycles. The maximum absolute atomic E-state index is 13.3. The highest BCUT2D eigenvalue weighted by molar-refractivity contribution is 7.66. The van der Waals surface area contributed by atoms with Crippen LogP contribution in [0.5, 0.6) is 0 Å². The van der Waals surface area contributed by atoms with Gasteiger partial charge in [0.2, 0.25) is 0 Å². The monoisotopic (exact) mass is 650 g/mol. The Kier molecular flexibility index (Phi) is 9.67. The predicted octanol–water partition coefficient (Wildman–Crippen LogP) is 0.688. The van der Waals surface area contributed by atoms with E-state index in [0.717, 1.165) is 32.5 Å². The van der Waals surface area contributed by atoms with Crippen LogP contribution in [0.25, 0.3) is 11.1 Å². The number of ether oxygens (including phenoxy) is 1. The molecule has 6 N–H and O–H groups in total. The number of hydrogen-bond acceptors (Lipinski definition) is 11. The Hall–Kier alpha value is -2.59. The van der Waals surface area contributed by atoms with Crippen LogP contribution in [0.15, 0.2) is 76.4 Å². The third-order valence-corrected chi connectivity index (χ3v) is 9.70. The zero-order valence-corrected chi connectivity index (χ0v) is 23.9. The molecule has 6 atom stereocenters. The molecule has 3 aromatic rings. The summed E-state index contributed by atoms with van der Waals surface area (Å²) in [6.45, 7) is -1.22. The number of benzene rings is 2. The first-order chi connectivity index (χ1) is 19.6. The first-order valence-electron chi connectivity index (χ1n) is 11.8. The number of rotatable bonds is 11. The van der Waals surface area contributed by atoms with Gasteiger partial charge in [0.05, 0.1) is 13.2 Å². The van der Waals surface area contributed by atoms with Crippen molar-refractivity contribution in [2.75, 3.05) is 6.61 Å². The van der Waals surface area contributed by atoms with Crippen molar-refractivity contribution in [3.8, 4) is 11.1 Å². The normalized spacial score (nSPS) is 23.8. The smallest absolute Gasteiger partial charge is 0.387 e. The van der Waals surface area contributed by atoms with Gasteiger partial charge in [-0.05, 0) is 22.8 Å². The molecule has 42 heavy (non-hydrogen) atoms. The minimum absolute atomic E-state index is 0.153. The van der Waals surface area contributed by atoms with E-state index in [1.165, 1.54) is 0 Å². The van der Waals surface area contributed by atoms with Crippen LogP contribution in [-0.2, 0) is 38.1 Å². The third kappa shape index (κ3) is 8.07. The highest BCUT2D eigenvalue weighted by Crippen LogP contribution is 2.66. The average Bonchev–Trinajstić information content (AvgIpc) is 3.17. The van der Waals surface area contributed by atoms with Gasteiger partial charge in [0.15, 0.2) is 6.23 Å². The lowest BCUT2D eigenvalue weighted by atomic mass is 10.0. The molecule has 1 aliphatic rings. The molecule has 0 saturated carbocycles. The van der Waals surface area contributed by atoms with E-state index in [0.29, 0.717) is 5.56 Å². The van der Waals surface area contributed by atoms with E-state index >= 15 is 0 Å². The fourth-order valence-electron chi connectivity index (χ4n) is 4.10. The van der Waals surface area contributed by atoms with Crippen LogP contribution in [0, 0.1) is 0 Å². The van der Waals surface area contributed by atoms with Crippen molar-refractivity contribution in [3.63, 3.8) is 0 Å². The highest BCUT2D eigenvalue weighted by Gasteiger charge is 2.47. The van der Waals surface area contributed by atoms with Gasteiger partial charge in [-0.1, -0.05) is 48.5 Å². The summed E-state index contributed by atoms with van der Waals surface area (Å²) in [5.41, 5.74) is 0.774. The maximum Gasteiger partial charge on any atom is 0.490 e. The second kappa shape index (κ2) is 12.6. The van der Waals surface area contributed by atoms with Gasteiger partial charge in [0.1, 0.15) is 18.3 Å². The van der Waals surface area contributed by atoms with Crippen molar-refractivity contribution in [3.05, 3.63) is 93.3 Å². The minimum Gasteiger partial charge on any atom is -0.387 e. The average molecular weight is 650 g/mol. The lowest BCUT2D eigenvalue weighted by Gasteiger charge is -2.19. The molecule has 228 valence electrons. The van der Waals surface area contributed by atoms with Crippen LogP contribution in [-0.4, -0.2) is 63.8 Å². The van der Waals surface area contributed by atoms with Crippen LogP contribution in [0.4, 0.5) is 0 Å². The van der Waals surface area contributed by atoms with Crippen molar-refractivity contribution < 1.29 is 61.4 Å². The van der Waals surface area contributed by atoms with E-state index in [-0.39, 0.29) is 6.54 Å². The van der Waals surface area contributed by atoms with Crippen LogP contribution in [0.3, 0.4) is 0 Å². The van der Waals surface area contributed by atoms with Crippen molar-refractivity contribution in [1.82, 2.24) is 9.13 Å². The Bertz CT molecular complexity index is 1690. The quantitative estimate of drug-likeness (QED) is 0.156. The Balaban J connectivity index is 1.50. The highest BCUT2D eigenvalue weighted by atomic mass is 31.3. The maximum atomic E-state index is 13.3. The van der Waals surface area contributed by atoms with Crippen LogP contribution < -0.4 is 11.2 Å². The summed E-state index contributed by atoms with van der Waals surface area (Å²) in [5.74, 6) is 0. The molecular formula is C22H25N2O15P3. The fourth-order valence-corrected chi connectivity index (χ4v) is 7.13. The van der Waals surface area contributed by atoms with E-state index in [9.17, 15) is 43.3 Å². The first-order valence-corrected chi connectivity index (χ1v) is 16.3. The van der Waals surface area contributed by atoms with E-state index in [4.69, 9.17) is 14.5 Å². The number of aliphatic hydroxyl groups is 2. The fraction of sp³-hybridized carbons (Fsp3) is 0.273. The molecule has 1 aromatic heterocycles. The number of phosphoric ester groups is 1. The molecule has 0 radical (unpaired) electrons. The molecule has 4 unspecified atom stereocenters. The van der Waals surface area contributed by atoms with Gasteiger partial charge in [-0.15, -0.1) is 0 Å². The molecule has 0 amide bonds. The van der Waals surface area contributed by atoms with Crippen LogP contribution in [0.2, 0.25) is 0 Å². The molecule has 0 aliphatic carbocycles. The summed E-state index contributed by atoms with van der Waals surface area (Å²) < 4.78 is 53.0. The molecular weight excluding hydrogens is 625 g/mol. The number of nitrogens with zero attached hydrogens (tertiary/aromatic N) is 2. The summed E-state index contributed by atoms with van der Waals surface area (Å²) in [5, 5.41) is 20.9. The molecule has 17 nitrogen and oxygen atoms in total. The summed E-state index contributed by atoms with van der Waals surface area (Å²) in [6, 6.07) is 17.5. The number of aliphatic hydroxyl groups excluding tert-OH is 2. The zero-order chi connectivity index (χ0) is 30.9. The van der Waals surface area contributed by atoms with E-state index < -0.39 is 65.9 Å². The van der Waals surface area contributed by atoms with Gasteiger partial charge in [-0.25, -0.2) is 18.5 Å². The Morgan fingerprint density at radius 2 is 1.48 bits per heavy atom. The van der Waals surface area contributed by atoms with E-state index in [1.54, 1.807) is 18.2 Å². The van der Waals surface area contributed by atoms with Gasteiger partial charge in [0, 0.05) is 12.3 Å². The number of hydrogen-bond donors (Lipinski definition) is 6. The lowest BCUT2D eigenvalue weighted by Crippen LogP contribution is -2.43. The standard InChI is InChI=1S/C22H25N2O15P3/c25-18-9-10-23(22(28)24(18)12-14-5-4-8-16(11-14)15-6-2-1-3-7-15)21-20(27)19(26)17(37-21)13-36-41(32,33)39-42(34,35)38-40(29,30)31/h1-11,17,19-21,26-27H,12-13H2,(H,32,33)(H,34,35)(H2,29,30,31)/t17-,19?,20?,21-/m1/s1. The van der Waals surface area contributed by atoms with Gasteiger partial charge >= 0.3 is 29.2 Å². The topological polar surface area (TPSA) is 254 Å². The zero-order valence-electron chi connectivity index (χ0n) is 21.2. The molecule has 20 heteroatoms. The van der Waals surface area contributed by atoms with Crippen molar-refractivity contribution in [1.29, 1.82) is 0 Å². The Labute approximate surface area is 236 Å². The van der Waals surface area contributed by atoms with Gasteiger partial charge in [-0.3, -0.25) is 18.5 Å². The van der Waals surface area contributed by atoms with E-state index in [2.05, 4.69) is 13.1 Å². The van der Waals surface area contributed by atoms with E-state index in [1.807, 2.05) is 36.4 Å². The van der Waals surface area contributed by atoms with Crippen LogP contribution in [0.1, 0.15) is 11.8 Å². The predicted molar refractivity (Wildman–Crippen MR) is 142 cm³/mol. The van der Waals surface area contributed by atoms with Crippen molar-refractivity contribution >= 4 is 23.5 Å². The minimum atomic E-state index is -5.78. The van der Waals surface area contributed by atoms with Gasteiger partial charge in [0.25, 0.3) is 5.56 Å². The second-order valence-corrected chi connectivity index (χ2v) is 13.3. The van der Waals surface area contributed by atoms with Gasteiger partial charge in [-0.2, -0.15) is 8.62 Å². The molecule has 2 heterocycles. The first kappa shape index (κ1) is 32.3. The lowest BCUT2D eigenvalue weighted by molar-refractivity contribution is -0.0547. The summed E-state index contributed by atoms with van der Waals surface area (Å²) in [4.78, 5) is 61.9.